The minimum atomic E-state index is -0.0825. The molecule has 0 unspecified atom stereocenters. The number of nitrogens with zero attached hydrogens (tertiary/aromatic N) is 1. The third kappa shape index (κ3) is 2.70. The summed E-state index contributed by atoms with van der Waals surface area (Å²) in [4.78, 5) is 18.6. The fourth-order valence-electron chi connectivity index (χ4n) is 1.42. The highest BCUT2D eigenvalue weighted by Crippen LogP contribution is 1.95. The molecular weight excluding hydrogens is 202 g/mol. The second-order valence-corrected chi connectivity index (χ2v) is 3.41. The average molecular weight is 215 g/mol. The number of rotatable bonds is 4. The summed E-state index contributed by atoms with van der Waals surface area (Å²) in [5.41, 5.74) is 1.57. The first-order valence-corrected chi connectivity index (χ1v) is 5.18. The van der Waals surface area contributed by atoms with E-state index in [9.17, 15) is 4.79 Å². The predicted octanol–water partition coefficient (Wildman–Crippen LogP) is 1.38. The fraction of sp³-hybridized carbons (Fsp3) is 0.167. The van der Waals surface area contributed by atoms with Crippen LogP contribution < -0.4 is 5.32 Å². The zero-order chi connectivity index (χ0) is 11.2. The highest BCUT2D eigenvalue weighted by Gasteiger charge is 2.04. The molecule has 4 heteroatoms. The second-order valence-electron chi connectivity index (χ2n) is 3.41. The van der Waals surface area contributed by atoms with Crippen molar-refractivity contribution in [3.8, 4) is 0 Å². The van der Waals surface area contributed by atoms with Crippen LogP contribution >= 0.6 is 0 Å². The molecular formula is C12H13N3O. The molecule has 0 atom stereocenters. The molecule has 2 heterocycles. The van der Waals surface area contributed by atoms with Gasteiger partial charge in [-0.05, 0) is 24.3 Å². The molecule has 0 spiro atoms. The van der Waals surface area contributed by atoms with E-state index in [1.54, 1.807) is 24.5 Å². The van der Waals surface area contributed by atoms with Gasteiger partial charge in [-0.15, -0.1) is 0 Å². The number of H-pyrrole nitrogens is 1. The molecule has 2 aromatic heterocycles. The van der Waals surface area contributed by atoms with E-state index in [2.05, 4.69) is 15.3 Å². The molecule has 0 saturated carbocycles. The van der Waals surface area contributed by atoms with Gasteiger partial charge in [-0.25, -0.2) is 0 Å². The molecule has 0 aromatic carbocycles. The quantitative estimate of drug-likeness (QED) is 0.809. The largest absolute Gasteiger partial charge is 0.357 e. The molecule has 0 fully saturated rings. The monoisotopic (exact) mass is 215 g/mol. The zero-order valence-corrected chi connectivity index (χ0v) is 8.81. The van der Waals surface area contributed by atoms with Gasteiger partial charge in [-0.2, -0.15) is 0 Å². The van der Waals surface area contributed by atoms with Crippen LogP contribution in [0.2, 0.25) is 0 Å². The van der Waals surface area contributed by atoms with Crippen LogP contribution in [0.3, 0.4) is 0 Å². The molecule has 16 heavy (non-hydrogen) atoms. The Morgan fingerprint density at radius 3 is 2.94 bits per heavy atom. The van der Waals surface area contributed by atoms with E-state index >= 15 is 0 Å². The Morgan fingerprint density at radius 1 is 1.31 bits per heavy atom. The summed E-state index contributed by atoms with van der Waals surface area (Å²) >= 11 is 0. The van der Waals surface area contributed by atoms with Crippen molar-refractivity contribution in [2.75, 3.05) is 6.54 Å². The summed E-state index contributed by atoms with van der Waals surface area (Å²) in [5, 5.41) is 2.82. The maximum absolute atomic E-state index is 11.5. The van der Waals surface area contributed by atoms with Gasteiger partial charge in [-0.3, -0.25) is 9.78 Å². The number of amides is 1. The Morgan fingerprint density at radius 2 is 2.25 bits per heavy atom. The van der Waals surface area contributed by atoms with Crippen LogP contribution in [0, 0.1) is 0 Å². The van der Waals surface area contributed by atoms with E-state index in [0.29, 0.717) is 12.2 Å². The van der Waals surface area contributed by atoms with Crippen molar-refractivity contribution in [1.82, 2.24) is 15.3 Å². The topological polar surface area (TPSA) is 57.8 Å². The lowest BCUT2D eigenvalue weighted by Crippen LogP contribution is -2.26. The lowest BCUT2D eigenvalue weighted by Gasteiger charge is -2.03. The summed E-state index contributed by atoms with van der Waals surface area (Å²) < 4.78 is 0. The molecule has 0 aliphatic rings. The smallest absolute Gasteiger partial charge is 0.267 e. The van der Waals surface area contributed by atoms with Crippen LogP contribution in [0.1, 0.15) is 16.2 Å². The minimum Gasteiger partial charge on any atom is -0.357 e. The highest BCUT2D eigenvalue weighted by atomic mass is 16.1. The first-order chi connectivity index (χ1) is 7.86. The Balaban J connectivity index is 1.79. The van der Waals surface area contributed by atoms with Gasteiger partial charge in [0.15, 0.2) is 0 Å². The number of aromatic amines is 1. The van der Waals surface area contributed by atoms with Crippen LogP contribution in [-0.4, -0.2) is 22.4 Å². The van der Waals surface area contributed by atoms with Crippen LogP contribution in [-0.2, 0) is 6.42 Å². The molecule has 82 valence electrons. The van der Waals surface area contributed by atoms with E-state index in [0.717, 1.165) is 12.1 Å². The van der Waals surface area contributed by atoms with Crippen molar-refractivity contribution in [1.29, 1.82) is 0 Å². The molecule has 4 nitrogen and oxygen atoms in total. The van der Waals surface area contributed by atoms with Crippen molar-refractivity contribution < 1.29 is 4.79 Å². The number of nitrogens with one attached hydrogen (secondary N) is 2. The van der Waals surface area contributed by atoms with Gasteiger partial charge in [0.1, 0.15) is 5.69 Å². The first-order valence-electron chi connectivity index (χ1n) is 5.18. The standard InChI is InChI=1S/C12H13N3O/c16-12(11-5-3-8-14-11)15-9-6-10-4-1-2-7-13-10/h1-5,7-8,14H,6,9H2,(H,15,16). The van der Waals surface area contributed by atoms with E-state index in [-0.39, 0.29) is 5.91 Å². The highest BCUT2D eigenvalue weighted by molar-refractivity contribution is 5.92. The maximum atomic E-state index is 11.5. The number of carbonyl (C=O) groups excluding carboxylic acids is 1. The number of aromatic nitrogens is 2. The van der Waals surface area contributed by atoms with Gasteiger partial charge in [0, 0.05) is 31.1 Å². The first kappa shape index (κ1) is 10.4. The zero-order valence-electron chi connectivity index (χ0n) is 8.81. The molecule has 2 rings (SSSR count). The molecule has 0 aliphatic heterocycles. The number of hydrogen-bond donors (Lipinski definition) is 2. The van der Waals surface area contributed by atoms with Gasteiger partial charge in [0.25, 0.3) is 5.91 Å². The van der Waals surface area contributed by atoms with Gasteiger partial charge in [-0.1, -0.05) is 6.07 Å². The molecule has 0 aliphatic carbocycles. The van der Waals surface area contributed by atoms with E-state index in [4.69, 9.17) is 0 Å². The Bertz CT molecular complexity index is 437. The summed E-state index contributed by atoms with van der Waals surface area (Å²) in [7, 11) is 0. The number of carbonyl (C=O) groups is 1. The van der Waals surface area contributed by atoms with Crippen LogP contribution in [0.4, 0.5) is 0 Å². The SMILES string of the molecule is O=C(NCCc1ccccn1)c1ccc[nH]1. The van der Waals surface area contributed by atoms with E-state index in [1.165, 1.54) is 0 Å². The van der Waals surface area contributed by atoms with E-state index in [1.807, 2.05) is 18.2 Å². The summed E-state index contributed by atoms with van der Waals surface area (Å²) in [6.07, 6.45) is 4.23. The normalized spacial score (nSPS) is 10.0. The van der Waals surface area contributed by atoms with Gasteiger partial charge in [0.05, 0.1) is 0 Å². The Kier molecular flexibility index (Phi) is 3.33. The number of pyridine rings is 1. The molecule has 1 amide bonds. The molecule has 2 N–H and O–H groups in total. The average Bonchev–Trinajstić information content (AvgIpc) is 2.84. The minimum absolute atomic E-state index is 0.0825. The van der Waals surface area contributed by atoms with Crippen molar-refractivity contribution in [2.45, 2.75) is 6.42 Å². The fourth-order valence-corrected chi connectivity index (χ4v) is 1.42. The van der Waals surface area contributed by atoms with Crippen molar-refractivity contribution in [3.05, 3.63) is 54.1 Å². The molecule has 0 radical (unpaired) electrons. The second kappa shape index (κ2) is 5.11. The molecule has 0 saturated heterocycles. The summed E-state index contributed by atoms with van der Waals surface area (Å²) in [6.45, 7) is 0.592. The lowest BCUT2D eigenvalue weighted by molar-refractivity contribution is 0.0949. The van der Waals surface area contributed by atoms with Crippen molar-refractivity contribution in [3.63, 3.8) is 0 Å². The van der Waals surface area contributed by atoms with Crippen LogP contribution in [0.5, 0.6) is 0 Å². The third-order valence-corrected chi connectivity index (χ3v) is 2.24. The van der Waals surface area contributed by atoms with Gasteiger partial charge >= 0.3 is 0 Å². The Labute approximate surface area is 93.7 Å². The van der Waals surface area contributed by atoms with Gasteiger partial charge in [0.2, 0.25) is 0 Å². The lowest BCUT2D eigenvalue weighted by atomic mass is 10.2. The molecule has 2 aromatic rings. The third-order valence-electron chi connectivity index (χ3n) is 2.24. The summed E-state index contributed by atoms with van der Waals surface area (Å²) in [6, 6.07) is 9.31. The Hall–Kier alpha value is -2.10. The predicted molar refractivity (Wildman–Crippen MR) is 61.1 cm³/mol. The van der Waals surface area contributed by atoms with Gasteiger partial charge < -0.3 is 10.3 Å². The van der Waals surface area contributed by atoms with Crippen molar-refractivity contribution >= 4 is 5.91 Å². The summed E-state index contributed by atoms with van der Waals surface area (Å²) in [5.74, 6) is -0.0825. The van der Waals surface area contributed by atoms with Crippen LogP contribution in [0.15, 0.2) is 42.7 Å². The van der Waals surface area contributed by atoms with Crippen LogP contribution in [0.25, 0.3) is 0 Å². The van der Waals surface area contributed by atoms with E-state index < -0.39 is 0 Å². The maximum Gasteiger partial charge on any atom is 0.267 e. The van der Waals surface area contributed by atoms with Crippen molar-refractivity contribution in [2.24, 2.45) is 0 Å². The molecule has 0 bridgehead atoms. The number of hydrogen-bond acceptors (Lipinski definition) is 2.